The van der Waals surface area contributed by atoms with Gasteiger partial charge in [0, 0.05) is 18.0 Å². The number of aliphatic hydroxyl groups excluding tert-OH is 1. The summed E-state index contributed by atoms with van der Waals surface area (Å²) in [5.74, 6) is -0.920. The lowest BCUT2D eigenvalue weighted by Gasteiger charge is -2.26. The number of ether oxygens (including phenoxy) is 2. The van der Waals surface area contributed by atoms with E-state index in [2.05, 4.69) is 0 Å². The molecule has 1 fully saturated rings. The van der Waals surface area contributed by atoms with Gasteiger partial charge in [0.05, 0.1) is 25.8 Å². The van der Waals surface area contributed by atoms with Crippen molar-refractivity contribution in [2.24, 2.45) is 0 Å². The predicted octanol–water partition coefficient (Wildman–Crippen LogP) is 3.06. The van der Waals surface area contributed by atoms with Crippen LogP contribution >= 0.6 is 11.3 Å². The van der Waals surface area contributed by atoms with Gasteiger partial charge < -0.3 is 24.4 Å². The Labute approximate surface area is 180 Å². The summed E-state index contributed by atoms with van der Waals surface area (Å²) in [5.41, 5.74) is 1.26. The van der Waals surface area contributed by atoms with Crippen LogP contribution in [0.15, 0.2) is 35.2 Å². The summed E-state index contributed by atoms with van der Waals surface area (Å²) in [4.78, 5) is 30.4. The van der Waals surface area contributed by atoms with E-state index in [1.807, 2.05) is 37.4 Å². The number of benzene rings is 1. The molecule has 0 saturated carbocycles. The van der Waals surface area contributed by atoms with Crippen LogP contribution < -0.4 is 9.47 Å². The van der Waals surface area contributed by atoms with Crippen LogP contribution in [-0.4, -0.2) is 68.0 Å². The van der Waals surface area contributed by atoms with E-state index in [0.29, 0.717) is 24.6 Å². The summed E-state index contributed by atoms with van der Waals surface area (Å²) in [6, 6.07) is 6.34. The molecule has 1 saturated heterocycles. The van der Waals surface area contributed by atoms with E-state index in [9.17, 15) is 14.7 Å². The Morgan fingerprint density at radius 1 is 1.17 bits per heavy atom. The number of methoxy groups -OCH3 is 2. The van der Waals surface area contributed by atoms with Crippen LogP contribution in [0.2, 0.25) is 0 Å². The van der Waals surface area contributed by atoms with Crippen molar-refractivity contribution < 1.29 is 24.2 Å². The number of nitrogens with zero attached hydrogens (tertiary/aromatic N) is 2. The Balaban J connectivity index is 2.24. The number of ketones is 1. The van der Waals surface area contributed by atoms with Gasteiger partial charge in [-0.15, -0.1) is 11.3 Å². The second-order valence-electron chi connectivity index (χ2n) is 7.30. The zero-order valence-electron chi connectivity index (χ0n) is 17.8. The fourth-order valence-electron chi connectivity index (χ4n) is 3.57. The van der Waals surface area contributed by atoms with Gasteiger partial charge in [0.2, 0.25) is 0 Å². The molecule has 1 aromatic carbocycles. The van der Waals surface area contributed by atoms with Gasteiger partial charge in [0.25, 0.3) is 11.7 Å². The normalized spacial score (nSPS) is 18.3. The average Bonchev–Trinajstić information content (AvgIpc) is 3.25. The number of aryl methyl sites for hydroxylation is 1. The summed E-state index contributed by atoms with van der Waals surface area (Å²) in [5, 5.41) is 13.2. The van der Waals surface area contributed by atoms with E-state index in [0.717, 1.165) is 10.4 Å². The van der Waals surface area contributed by atoms with Gasteiger partial charge >= 0.3 is 0 Å². The quantitative estimate of drug-likeness (QED) is 0.413. The van der Waals surface area contributed by atoms with Gasteiger partial charge in [-0.1, -0.05) is 6.07 Å². The van der Waals surface area contributed by atoms with Crippen molar-refractivity contribution in [2.45, 2.75) is 13.0 Å². The number of thiophene rings is 1. The number of likely N-dealkylation sites (tertiary alicyclic amines) is 1. The number of amides is 1. The minimum atomic E-state index is -0.711. The second kappa shape index (κ2) is 8.89. The maximum atomic E-state index is 13.1. The summed E-state index contributed by atoms with van der Waals surface area (Å²) in [6.07, 6.45) is 0. The molecule has 1 aliphatic rings. The van der Waals surface area contributed by atoms with Gasteiger partial charge in [-0.25, -0.2) is 0 Å². The molecule has 2 heterocycles. The molecule has 1 amide bonds. The summed E-state index contributed by atoms with van der Waals surface area (Å²) >= 11 is 1.46. The molecular weight excluding hydrogens is 404 g/mol. The first kappa shape index (κ1) is 21.9. The molecular formula is C22H26N2O5S. The fourth-order valence-corrected chi connectivity index (χ4v) is 4.62. The molecule has 160 valence electrons. The number of likely N-dealkylation sites (N-methyl/N-ethyl adjacent to an activating group) is 1. The monoisotopic (exact) mass is 430 g/mol. The highest BCUT2D eigenvalue weighted by Gasteiger charge is 2.47. The Kier molecular flexibility index (Phi) is 6.48. The number of aliphatic hydroxyl groups is 1. The summed E-state index contributed by atoms with van der Waals surface area (Å²) in [6.45, 7) is 2.88. The van der Waals surface area contributed by atoms with Crippen LogP contribution in [0.25, 0.3) is 5.76 Å². The molecule has 1 atom stereocenters. The number of carbonyl (C=O) groups excluding carboxylic acids is 2. The van der Waals surface area contributed by atoms with E-state index in [-0.39, 0.29) is 16.9 Å². The van der Waals surface area contributed by atoms with Crippen LogP contribution in [0.4, 0.5) is 0 Å². The number of hydrogen-bond donors (Lipinski definition) is 1. The number of hydrogen-bond acceptors (Lipinski definition) is 7. The molecule has 0 bridgehead atoms. The van der Waals surface area contributed by atoms with Crippen LogP contribution in [0.3, 0.4) is 0 Å². The third kappa shape index (κ3) is 3.80. The van der Waals surface area contributed by atoms with Crippen molar-refractivity contribution in [3.63, 3.8) is 0 Å². The van der Waals surface area contributed by atoms with Crippen molar-refractivity contribution in [1.82, 2.24) is 9.80 Å². The lowest BCUT2D eigenvalue weighted by Crippen LogP contribution is -2.35. The highest BCUT2D eigenvalue weighted by atomic mass is 32.1. The summed E-state index contributed by atoms with van der Waals surface area (Å²) in [7, 11) is 6.76. The van der Waals surface area contributed by atoms with Gasteiger partial charge in [-0.05, 0) is 50.2 Å². The fraction of sp³-hybridized carbons (Fsp3) is 0.364. The maximum Gasteiger partial charge on any atom is 0.295 e. The molecule has 8 heteroatoms. The Morgan fingerprint density at radius 3 is 2.30 bits per heavy atom. The number of rotatable bonds is 7. The first-order chi connectivity index (χ1) is 14.3. The lowest BCUT2D eigenvalue weighted by atomic mass is 9.97. The first-order valence-corrected chi connectivity index (χ1v) is 10.4. The molecule has 0 radical (unpaired) electrons. The summed E-state index contributed by atoms with van der Waals surface area (Å²) < 4.78 is 10.8. The van der Waals surface area contributed by atoms with E-state index in [4.69, 9.17) is 9.47 Å². The van der Waals surface area contributed by atoms with Crippen molar-refractivity contribution >= 4 is 28.8 Å². The third-order valence-electron chi connectivity index (χ3n) is 5.14. The minimum Gasteiger partial charge on any atom is -0.506 e. The molecule has 1 unspecified atom stereocenters. The van der Waals surface area contributed by atoms with Crippen LogP contribution in [0.1, 0.15) is 22.0 Å². The molecule has 7 nitrogen and oxygen atoms in total. The predicted molar refractivity (Wildman–Crippen MR) is 116 cm³/mol. The van der Waals surface area contributed by atoms with Gasteiger partial charge in [-0.3, -0.25) is 9.59 Å². The average molecular weight is 431 g/mol. The molecule has 2 aromatic rings. The topological polar surface area (TPSA) is 79.3 Å². The van der Waals surface area contributed by atoms with Crippen molar-refractivity contribution in [3.8, 4) is 11.5 Å². The maximum absolute atomic E-state index is 13.1. The molecule has 30 heavy (non-hydrogen) atoms. The molecule has 1 aromatic heterocycles. The molecule has 1 aliphatic heterocycles. The molecule has 0 spiro atoms. The zero-order chi connectivity index (χ0) is 22.0. The van der Waals surface area contributed by atoms with Gasteiger partial charge in [0.1, 0.15) is 22.8 Å². The molecule has 3 rings (SSSR count). The van der Waals surface area contributed by atoms with Crippen molar-refractivity contribution in [1.29, 1.82) is 0 Å². The lowest BCUT2D eigenvalue weighted by molar-refractivity contribution is -0.140. The standard InChI is InChI=1S/C22H26N2O5S/c1-13-9-12-30-21(13)18-17(20(26)22(27)24(18)11-10-23(2)3)19(25)16-14(28-4)7-6-8-15(16)29-5/h6-9,12,18,25H,10-11H2,1-5H3/b19-17+. The number of carbonyl (C=O) groups is 2. The largest absolute Gasteiger partial charge is 0.506 e. The van der Waals surface area contributed by atoms with Gasteiger partial charge in [-0.2, -0.15) is 0 Å². The van der Waals surface area contributed by atoms with E-state index < -0.39 is 17.7 Å². The SMILES string of the molecule is COc1cccc(OC)c1/C(O)=C1\C(=O)C(=O)N(CCN(C)C)C1c1sccc1C. The van der Waals surface area contributed by atoms with E-state index in [1.54, 1.807) is 18.2 Å². The third-order valence-corrected chi connectivity index (χ3v) is 6.21. The Morgan fingerprint density at radius 2 is 1.80 bits per heavy atom. The first-order valence-electron chi connectivity index (χ1n) is 9.50. The second-order valence-corrected chi connectivity index (χ2v) is 8.25. The van der Waals surface area contributed by atoms with Crippen LogP contribution in [0.5, 0.6) is 11.5 Å². The van der Waals surface area contributed by atoms with E-state index >= 15 is 0 Å². The van der Waals surface area contributed by atoms with Crippen molar-refractivity contribution in [2.75, 3.05) is 41.4 Å². The van der Waals surface area contributed by atoms with Crippen LogP contribution in [-0.2, 0) is 9.59 Å². The highest BCUT2D eigenvalue weighted by Crippen LogP contribution is 2.45. The van der Waals surface area contributed by atoms with Gasteiger partial charge in [0.15, 0.2) is 0 Å². The minimum absolute atomic E-state index is 0.0482. The number of Topliss-reactive ketones (excluding diaryl/α,β-unsaturated/α-hetero) is 1. The molecule has 1 N–H and O–H groups in total. The Hall–Kier alpha value is -2.84. The van der Waals surface area contributed by atoms with E-state index in [1.165, 1.54) is 30.5 Å². The van der Waals surface area contributed by atoms with Crippen LogP contribution in [0, 0.1) is 6.92 Å². The smallest absolute Gasteiger partial charge is 0.295 e. The zero-order valence-corrected chi connectivity index (χ0v) is 18.6. The highest BCUT2D eigenvalue weighted by molar-refractivity contribution is 7.10. The molecule has 0 aliphatic carbocycles. The van der Waals surface area contributed by atoms with Crippen molar-refractivity contribution in [3.05, 3.63) is 51.2 Å². The Bertz CT molecular complexity index is 973.